The molecule has 0 aliphatic carbocycles. The molecule has 2 rings (SSSR count). The Bertz CT molecular complexity index is 622. The predicted octanol–water partition coefficient (Wildman–Crippen LogP) is 2.98. The van der Waals surface area contributed by atoms with Crippen LogP contribution in [0.4, 0.5) is 19.1 Å². The number of nitrogens with zero attached hydrogens (tertiary/aromatic N) is 3. The van der Waals surface area contributed by atoms with Crippen molar-refractivity contribution in [2.45, 2.75) is 16.2 Å². The van der Waals surface area contributed by atoms with Crippen LogP contribution in [0.15, 0.2) is 34.4 Å². The SMILES string of the molecule is NNc1nc(Sc2ncccc2Cl)cc(C(F)(F)F)n1. The van der Waals surface area contributed by atoms with E-state index in [1.165, 1.54) is 6.20 Å². The molecule has 2 aromatic heterocycles. The largest absolute Gasteiger partial charge is 0.433 e. The molecule has 0 aliphatic rings. The molecule has 10 heteroatoms. The van der Waals surface area contributed by atoms with E-state index in [1.54, 1.807) is 12.1 Å². The fourth-order valence-electron chi connectivity index (χ4n) is 1.23. The zero-order valence-electron chi connectivity index (χ0n) is 9.65. The van der Waals surface area contributed by atoms with Gasteiger partial charge >= 0.3 is 6.18 Å². The van der Waals surface area contributed by atoms with E-state index in [2.05, 4.69) is 15.0 Å². The summed E-state index contributed by atoms with van der Waals surface area (Å²) in [6, 6.07) is 3.99. The molecule has 0 unspecified atom stereocenters. The second-order valence-electron chi connectivity index (χ2n) is 3.45. The van der Waals surface area contributed by atoms with Crippen LogP contribution in [0.3, 0.4) is 0 Å². The lowest BCUT2D eigenvalue weighted by atomic mass is 10.4. The normalized spacial score (nSPS) is 11.4. The summed E-state index contributed by atoms with van der Waals surface area (Å²) in [6.07, 6.45) is -3.13. The third-order valence-corrected chi connectivity index (χ3v) is 3.40. The van der Waals surface area contributed by atoms with Crippen LogP contribution >= 0.6 is 23.4 Å². The molecule has 0 fully saturated rings. The molecule has 0 saturated heterocycles. The first-order valence-corrected chi connectivity index (χ1v) is 6.31. The van der Waals surface area contributed by atoms with Gasteiger partial charge in [0.25, 0.3) is 0 Å². The molecular weight excluding hydrogens is 315 g/mol. The molecule has 0 atom stereocenters. The maximum Gasteiger partial charge on any atom is 0.433 e. The molecular formula is C10H7ClF3N5S. The minimum atomic E-state index is -4.60. The highest BCUT2D eigenvalue weighted by atomic mass is 35.5. The summed E-state index contributed by atoms with van der Waals surface area (Å²) in [4.78, 5) is 11.0. The van der Waals surface area contributed by atoms with Gasteiger partial charge in [-0.3, -0.25) is 5.43 Å². The Hall–Kier alpha value is -1.58. The summed E-state index contributed by atoms with van der Waals surface area (Å²) in [6.45, 7) is 0. The van der Waals surface area contributed by atoms with Crippen LogP contribution in [0.25, 0.3) is 0 Å². The fourth-order valence-corrected chi connectivity index (χ4v) is 2.25. The second-order valence-corrected chi connectivity index (χ2v) is 4.87. The van der Waals surface area contributed by atoms with Crippen molar-refractivity contribution >= 4 is 29.3 Å². The Morgan fingerprint density at radius 3 is 2.65 bits per heavy atom. The van der Waals surface area contributed by atoms with Crippen molar-refractivity contribution < 1.29 is 13.2 Å². The van der Waals surface area contributed by atoms with Crippen molar-refractivity contribution in [3.8, 4) is 0 Å². The van der Waals surface area contributed by atoms with Gasteiger partial charge in [0.05, 0.1) is 5.02 Å². The molecule has 0 bridgehead atoms. The molecule has 0 aromatic carbocycles. The Labute approximate surface area is 120 Å². The zero-order chi connectivity index (χ0) is 14.8. The summed E-state index contributed by atoms with van der Waals surface area (Å²) >= 11 is 6.77. The molecule has 3 N–H and O–H groups in total. The Kier molecular flexibility index (Phi) is 4.31. The maximum atomic E-state index is 12.7. The van der Waals surface area contributed by atoms with Crippen molar-refractivity contribution in [1.82, 2.24) is 15.0 Å². The molecule has 2 heterocycles. The third-order valence-electron chi connectivity index (χ3n) is 2.05. The highest BCUT2D eigenvalue weighted by Gasteiger charge is 2.33. The number of pyridine rings is 1. The lowest BCUT2D eigenvalue weighted by Crippen LogP contribution is -2.15. The molecule has 2 aromatic rings. The van der Waals surface area contributed by atoms with E-state index in [9.17, 15) is 13.2 Å². The number of hydrogen-bond donors (Lipinski definition) is 2. The van der Waals surface area contributed by atoms with Gasteiger partial charge in [-0.05, 0) is 23.9 Å². The number of rotatable bonds is 3. The van der Waals surface area contributed by atoms with Crippen LogP contribution in [0, 0.1) is 0 Å². The monoisotopic (exact) mass is 321 g/mol. The number of hydrogen-bond acceptors (Lipinski definition) is 6. The summed E-state index contributed by atoms with van der Waals surface area (Å²) in [7, 11) is 0. The van der Waals surface area contributed by atoms with Gasteiger partial charge in [-0.15, -0.1) is 0 Å². The molecule has 0 saturated carbocycles. The van der Waals surface area contributed by atoms with Crippen molar-refractivity contribution in [2.75, 3.05) is 5.43 Å². The number of nitrogens with one attached hydrogen (secondary N) is 1. The zero-order valence-corrected chi connectivity index (χ0v) is 11.2. The molecule has 0 amide bonds. The van der Waals surface area contributed by atoms with E-state index >= 15 is 0 Å². The summed E-state index contributed by atoms with van der Waals surface area (Å²) in [5, 5.41) is 0.678. The summed E-state index contributed by atoms with van der Waals surface area (Å²) in [5.74, 6) is 4.72. The molecule has 106 valence electrons. The van der Waals surface area contributed by atoms with E-state index in [0.29, 0.717) is 10.0 Å². The topological polar surface area (TPSA) is 76.7 Å². The van der Waals surface area contributed by atoms with Gasteiger partial charge in [0.15, 0.2) is 5.69 Å². The van der Waals surface area contributed by atoms with E-state index in [-0.39, 0.29) is 11.0 Å². The number of halogens is 4. The standard InChI is InChI=1S/C10H7ClF3N5S/c11-5-2-1-3-16-8(5)20-7-4-6(10(12,13)14)17-9(18-7)19-15/h1-4H,15H2,(H,17,18,19). The van der Waals surface area contributed by atoms with Crippen LogP contribution < -0.4 is 11.3 Å². The van der Waals surface area contributed by atoms with Crippen molar-refractivity contribution in [3.63, 3.8) is 0 Å². The van der Waals surface area contributed by atoms with Gasteiger partial charge in [-0.1, -0.05) is 11.6 Å². The fraction of sp³-hybridized carbons (Fsp3) is 0.100. The number of nitrogen functional groups attached to an aromatic ring is 1. The first-order valence-electron chi connectivity index (χ1n) is 5.11. The lowest BCUT2D eigenvalue weighted by molar-refractivity contribution is -0.141. The van der Waals surface area contributed by atoms with Crippen LogP contribution in [0.1, 0.15) is 5.69 Å². The molecule has 0 spiro atoms. The Balaban J connectivity index is 2.39. The summed E-state index contributed by atoms with van der Waals surface area (Å²) in [5.41, 5.74) is 0.889. The Morgan fingerprint density at radius 1 is 1.30 bits per heavy atom. The van der Waals surface area contributed by atoms with Crippen LogP contribution in [-0.2, 0) is 6.18 Å². The number of alkyl halides is 3. The molecule has 0 aliphatic heterocycles. The van der Waals surface area contributed by atoms with Crippen LogP contribution in [0.5, 0.6) is 0 Å². The highest BCUT2D eigenvalue weighted by molar-refractivity contribution is 7.99. The van der Waals surface area contributed by atoms with E-state index in [1.807, 2.05) is 5.43 Å². The minimum Gasteiger partial charge on any atom is -0.292 e. The van der Waals surface area contributed by atoms with Gasteiger partial charge in [-0.25, -0.2) is 20.8 Å². The highest BCUT2D eigenvalue weighted by Crippen LogP contribution is 2.34. The van der Waals surface area contributed by atoms with Crippen molar-refractivity contribution in [1.29, 1.82) is 0 Å². The van der Waals surface area contributed by atoms with Gasteiger partial charge < -0.3 is 0 Å². The average Bonchev–Trinajstić information content (AvgIpc) is 2.40. The van der Waals surface area contributed by atoms with Crippen molar-refractivity contribution in [3.05, 3.63) is 35.1 Å². The quantitative estimate of drug-likeness (QED) is 0.514. The first kappa shape index (κ1) is 14.8. The minimum absolute atomic E-state index is 0.0286. The number of hydrazine groups is 1. The average molecular weight is 322 g/mol. The van der Waals surface area contributed by atoms with Crippen LogP contribution in [-0.4, -0.2) is 15.0 Å². The maximum absolute atomic E-state index is 12.7. The van der Waals surface area contributed by atoms with Gasteiger partial charge in [-0.2, -0.15) is 13.2 Å². The molecule has 0 radical (unpaired) electrons. The van der Waals surface area contributed by atoms with Gasteiger partial charge in [0.1, 0.15) is 10.1 Å². The first-order chi connectivity index (χ1) is 9.40. The third kappa shape index (κ3) is 3.50. The van der Waals surface area contributed by atoms with E-state index < -0.39 is 11.9 Å². The Morgan fingerprint density at radius 2 is 2.05 bits per heavy atom. The van der Waals surface area contributed by atoms with E-state index in [4.69, 9.17) is 17.4 Å². The van der Waals surface area contributed by atoms with Gasteiger partial charge in [0.2, 0.25) is 5.95 Å². The molecule has 20 heavy (non-hydrogen) atoms. The number of anilines is 1. The van der Waals surface area contributed by atoms with Crippen molar-refractivity contribution in [2.24, 2.45) is 5.84 Å². The van der Waals surface area contributed by atoms with Gasteiger partial charge in [0, 0.05) is 12.3 Å². The second kappa shape index (κ2) is 5.81. The number of aromatic nitrogens is 3. The predicted molar refractivity (Wildman–Crippen MR) is 68.2 cm³/mol. The lowest BCUT2D eigenvalue weighted by Gasteiger charge is -2.09. The number of nitrogens with two attached hydrogens (primary N) is 1. The van der Waals surface area contributed by atoms with E-state index in [0.717, 1.165) is 17.8 Å². The smallest absolute Gasteiger partial charge is 0.292 e. The summed E-state index contributed by atoms with van der Waals surface area (Å²) < 4.78 is 38.1. The molecule has 5 nitrogen and oxygen atoms in total. The van der Waals surface area contributed by atoms with Crippen LogP contribution in [0.2, 0.25) is 5.02 Å².